The molecule has 0 aliphatic carbocycles. The fourth-order valence-corrected chi connectivity index (χ4v) is 1.65. The van der Waals surface area contributed by atoms with Gasteiger partial charge in [-0.3, -0.25) is 9.59 Å². The fraction of sp³-hybridized carbons (Fsp3) is 0.800. The van der Waals surface area contributed by atoms with Crippen LogP contribution in [0.25, 0.3) is 0 Å². The first-order chi connectivity index (χ1) is 7.19. The minimum Gasteiger partial charge on any atom is -0.348 e. The van der Waals surface area contributed by atoms with E-state index in [1.165, 1.54) is 0 Å². The molecule has 5 nitrogen and oxygen atoms in total. The van der Waals surface area contributed by atoms with Gasteiger partial charge in [0.15, 0.2) is 0 Å². The number of hydrogen-bond acceptors (Lipinski definition) is 3. The van der Waals surface area contributed by atoms with Gasteiger partial charge in [0, 0.05) is 32.7 Å². The van der Waals surface area contributed by atoms with E-state index < -0.39 is 11.8 Å². The van der Waals surface area contributed by atoms with Crippen LogP contribution in [0.4, 0.5) is 0 Å². The first kappa shape index (κ1) is 12.0. The standard InChI is InChI=1S/C10H19N3O2/c1-3-11-9(14)10(15)13-7-5-12(4-2)6-8-13/h3-8H2,1-2H3,(H,11,14). The first-order valence-corrected chi connectivity index (χ1v) is 5.48. The van der Waals surface area contributed by atoms with Gasteiger partial charge >= 0.3 is 11.8 Å². The van der Waals surface area contributed by atoms with E-state index in [1.54, 1.807) is 11.8 Å². The van der Waals surface area contributed by atoms with Crippen LogP contribution in [-0.4, -0.2) is 60.9 Å². The molecule has 0 aromatic carbocycles. The Morgan fingerprint density at radius 1 is 1.13 bits per heavy atom. The van der Waals surface area contributed by atoms with Crippen molar-refractivity contribution in [3.05, 3.63) is 0 Å². The van der Waals surface area contributed by atoms with Crippen LogP contribution in [0, 0.1) is 0 Å². The Bertz CT molecular complexity index is 235. The van der Waals surface area contributed by atoms with Crippen molar-refractivity contribution in [1.82, 2.24) is 15.1 Å². The molecule has 1 fully saturated rings. The highest BCUT2D eigenvalue weighted by Gasteiger charge is 2.24. The summed E-state index contributed by atoms with van der Waals surface area (Å²) in [6.07, 6.45) is 0. The molecule has 1 heterocycles. The molecule has 0 atom stereocenters. The molecular formula is C10H19N3O2. The average molecular weight is 213 g/mol. The van der Waals surface area contributed by atoms with Gasteiger partial charge in [0.2, 0.25) is 0 Å². The van der Waals surface area contributed by atoms with Crippen molar-refractivity contribution in [2.45, 2.75) is 13.8 Å². The number of piperazine rings is 1. The first-order valence-electron chi connectivity index (χ1n) is 5.48. The van der Waals surface area contributed by atoms with Gasteiger partial charge in [-0.15, -0.1) is 0 Å². The van der Waals surface area contributed by atoms with E-state index in [2.05, 4.69) is 17.1 Å². The second kappa shape index (κ2) is 5.70. The van der Waals surface area contributed by atoms with E-state index >= 15 is 0 Å². The minimum atomic E-state index is -0.484. The van der Waals surface area contributed by atoms with Crippen LogP contribution in [0.1, 0.15) is 13.8 Å². The molecule has 1 saturated heterocycles. The molecule has 1 aliphatic heterocycles. The highest BCUT2D eigenvalue weighted by Crippen LogP contribution is 2.01. The summed E-state index contributed by atoms with van der Waals surface area (Å²) in [5.41, 5.74) is 0. The van der Waals surface area contributed by atoms with E-state index in [9.17, 15) is 9.59 Å². The molecule has 0 aromatic heterocycles. The number of likely N-dealkylation sites (N-methyl/N-ethyl adjacent to an activating group) is 2. The summed E-state index contributed by atoms with van der Waals surface area (Å²) in [6, 6.07) is 0. The third kappa shape index (κ3) is 3.20. The average Bonchev–Trinajstić information content (AvgIpc) is 2.28. The predicted molar refractivity (Wildman–Crippen MR) is 57.4 cm³/mol. The molecule has 0 aromatic rings. The Labute approximate surface area is 90.4 Å². The summed E-state index contributed by atoms with van der Waals surface area (Å²) >= 11 is 0. The van der Waals surface area contributed by atoms with Gasteiger partial charge in [-0.05, 0) is 13.5 Å². The molecule has 0 spiro atoms. The monoisotopic (exact) mass is 213 g/mol. The molecule has 0 unspecified atom stereocenters. The van der Waals surface area contributed by atoms with Crippen molar-refractivity contribution in [2.24, 2.45) is 0 Å². The van der Waals surface area contributed by atoms with Crippen molar-refractivity contribution in [1.29, 1.82) is 0 Å². The van der Waals surface area contributed by atoms with E-state index in [0.717, 1.165) is 19.6 Å². The van der Waals surface area contributed by atoms with E-state index in [1.807, 2.05) is 0 Å². The molecule has 2 amide bonds. The molecule has 1 rings (SSSR count). The van der Waals surface area contributed by atoms with E-state index in [0.29, 0.717) is 19.6 Å². The lowest BCUT2D eigenvalue weighted by molar-refractivity contribution is -0.146. The normalized spacial score (nSPS) is 17.6. The minimum absolute atomic E-state index is 0.396. The van der Waals surface area contributed by atoms with Crippen LogP contribution in [0.5, 0.6) is 0 Å². The van der Waals surface area contributed by atoms with Crippen molar-refractivity contribution in [2.75, 3.05) is 39.3 Å². The quantitative estimate of drug-likeness (QED) is 0.616. The van der Waals surface area contributed by atoms with Gasteiger partial charge in [-0.2, -0.15) is 0 Å². The maximum atomic E-state index is 11.6. The Morgan fingerprint density at radius 2 is 1.73 bits per heavy atom. The maximum absolute atomic E-state index is 11.6. The summed E-state index contributed by atoms with van der Waals surface area (Å²) in [6.45, 7) is 8.45. The lowest BCUT2D eigenvalue weighted by Crippen LogP contribution is -2.52. The smallest absolute Gasteiger partial charge is 0.311 e. The molecule has 5 heteroatoms. The number of rotatable bonds is 2. The Morgan fingerprint density at radius 3 is 2.20 bits per heavy atom. The number of hydrogen-bond donors (Lipinski definition) is 1. The summed E-state index contributed by atoms with van der Waals surface area (Å²) in [5.74, 6) is -0.880. The topological polar surface area (TPSA) is 52.7 Å². The van der Waals surface area contributed by atoms with Crippen molar-refractivity contribution in [3.63, 3.8) is 0 Å². The summed E-state index contributed by atoms with van der Waals surface area (Å²) in [7, 11) is 0. The number of carbonyl (C=O) groups excluding carboxylic acids is 2. The van der Waals surface area contributed by atoms with Gasteiger partial charge in [-0.25, -0.2) is 0 Å². The van der Waals surface area contributed by atoms with Crippen molar-refractivity contribution >= 4 is 11.8 Å². The van der Waals surface area contributed by atoms with Crippen LogP contribution in [-0.2, 0) is 9.59 Å². The second-order valence-electron chi connectivity index (χ2n) is 3.59. The lowest BCUT2D eigenvalue weighted by atomic mass is 10.3. The van der Waals surface area contributed by atoms with E-state index in [4.69, 9.17) is 0 Å². The number of nitrogens with one attached hydrogen (secondary N) is 1. The molecular weight excluding hydrogens is 194 g/mol. The highest BCUT2D eigenvalue weighted by molar-refractivity contribution is 6.35. The number of carbonyl (C=O) groups is 2. The molecule has 0 bridgehead atoms. The van der Waals surface area contributed by atoms with E-state index in [-0.39, 0.29) is 0 Å². The molecule has 1 aliphatic rings. The zero-order valence-electron chi connectivity index (χ0n) is 9.45. The second-order valence-corrected chi connectivity index (χ2v) is 3.59. The molecule has 15 heavy (non-hydrogen) atoms. The van der Waals surface area contributed by atoms with Crippen molar-refractivity contribution in [3.8, 4) is 0 Å². The van der Waals surface area contributed by atoms with Crippen molar-refractivity contribution < 1.29 is 9.59 Å². The third-order valence-corrected chi connectivity index (χ3v) is 2.64. The molecule has 1 N–H and O–H groups in total. The Kier molecular flexibility index (Phi) is 4.55. The summed E-state index contributed by atoms with van der Waals surface area (Å²) < 4.78 is 0. The van der Waals surface area contributed by atoms with Crippen LogP contribution in [0.2, 0.25) is 0 Å². The fourth-order valence-electron chi connectivity index (χ4n) is 1.65. The zero-order chi connectivity index (χ0) is 11.3. The van der Waals surface area contributed by atoms with Gasteiger partial charge in [0.1, 0.15) is 0 Å². The SMILES string of the molecule is CCNC(=O)C(=O)N1CCN(CC)CC1. The highest BCUT2D eigenvalue weighted by atomic mass is 16.2. The maximum Gasteiger partial charge on any atom is 0.311 e. The lowest BCUT2D eigenvalue weighted by Gasteiger charge is -2.33. The predicted octanol–water partition coefficient (Wildman–Crippen LogP) is -0.713. The molecule has 86 valence electrons. The van der Waals surface area contributed by atoms with Crippen LogP contribution >= 0.6 is 0 Å². The largest absolute Gasteiger partial charge is 0.348 e. The number of amides is 2. The van der Waals surface area contributed by atoms with Gasteiger partial charge < -0.3 is 15.1 Å². The van der Waals surface area contributed by atoms with Gasteiger partial charge in [0.05, 0.1) is 0 Å². The number of nitrogens with zero attached hydrogens (tertiary/aromatic N) is 2. The summed E-state index contributed by atoms with van der Waals surface area (Å²) in [4.78, 5) is 26.7. The van der Waals surface area contributed by atoms with Crippen LogP contribution in [0.15, 0.2) is 0 Å². The Hall–Kier alpha value is -1.10. The van der Waals surface area contributed by atoms with Gasteiger partial charge in [-0.1, -0.05) is 6.92 Å². The summed E-state index contributed by atoms with van der Waals surface area (Å²) in [5, 5.41) is 2.52. The van der Waals surface area contributed by atoms with Crippen LogP contribution in [0.3, 0.4) is 0 Å². The zero-order valence-corrected chi connectivity index (χ0v) is 9.45. The third-order valence-electron chi connectivity index (χ3n) is 2.64. The molecule has 0 saturated carbocycles. The molecule has 0 radical (unpaired) electrons. The Balaban J connectivity index is 2.39. The van der Waals surface area contributed by atoms with Crippen LogP contribution < -0.4 is 5.32 Å². The van der Waals surface area contributed by atoms with Gasteiger partial charge in [0.25, 0.3) is 0 Å².